The largest absolute Gasteiger partial charge is 0.497 e. The van der Waals surface area contributed by atoms with Crippen LogP contribution in [0.2, 0.25) is 0 Å². The highest BCUT2D eigenvalue weighted by Gasteiger charge is 2.58. The summed E-state index contributed by atoms with van der Waals surface area (Å²) in [5.41, 5.74) is 2.10. The number of carbonyl (C=O) groups excluding carboxylic acids is 1. The number of methoxy groups -OCH3 is 1. The highest BCUT2D eigenvalue weighted by atomic mass is 16.5. The number of fused-ring (bicyclic) bond motifs is 2. The smallest absolute Gasteiger partial charge is 0.240 e. The number of likely N-dealkylation sites (N-methyl/N-ethyl adjacent to an activating group) is 1. The normalized spacial score (nSPS) is 26.3. The number of nitrogens with one attached hydrogen (secondary N) is 2. The van der Waals surface area contributed by atoms with Gasteiger partial charge in [-0.15, -0.1) is 0 Å². The van der Waals surface area contributed by atoms with Gasteiger partial charge in [0.1, 0.15) is 11.3 Å². The zero-order chi connectivity index (χ0) is 16.0. The minimum Gasteiger partial charge on any atom is -0.497 e. The van der Waals surface area contributed by atoms with Crippen molar-refractivity contribution in [1.29, 1.82) is 0 Å². The van der Waals surface area contributed by atoms with E-state index in [4.69, 9.17) is 4.74 Å². The van der Waals surface area contributed by atoms with Gasteiger partial charge in [-0.2, -0.15) is 0 Å². The van der Waals surface area contributed by atoms with Crippen molar-refractivity contribution in [3.63, 3.8) is 0 Å². The van der Waals surface area contributed by atoms with Gasteiger partial charge in [-0.25, -0.2) is 0 Å². The number of carbonyl (C=O) groups is 1. The summed E-state index contributed by atoms with van der Waals surface area (Å²) in [7, 11) is 3.75. The van der Waals surface area contributed by atoms with E-state index in [0.717, 1.165) is 43.0 Å². The number of benzene rings is 1. The fraction of sp³-hybridized carbons (Fsp3) is 0.500. The number of hydrogen-bond donors (Lipinski definition) is 2. The van der Waals surface area contributed by atoms with Crippen LogP contribution in [0.1, 0.15) is 18.4 Å². The number of amides is 1. The molecule has 3 aliphatic rings. The maximum atomic E-state index is 12.5. The third-order valence-corrected chi connectivity index (χ3v) is 5.59. The number of aromatic amines is 1. The summed E-state index contributed by atoms with van der Waals surface area (Å²) in [5, 5.41) is 4.30. The summed E-state index contributed by atoms with van der Waals surface area (Å²) in [4.78, 5) is 18.0. The van der Waals surface area contributed by atoms with E-state index in [9.17, 15) is 4.79 Å². The molecule has 2 aromatic rings. The van der Waals surface area contributed by atoms with Crippen LogP contribution in [0.3, 0.4) is 0 Å². The van der Waals surface area contributed by atoms with E-state index in [1.165, 1.54) is 10.9 Å². The standard InChI is InChI=1S/C18H23N3O2/c1-21-11-12-8-18(21,9-12)17(22)19-6-5-13-10-20-16-4-3-14(23-2)7-15(13)16/h3-4,7,10,12,20H,5-6,8-9,11H2,1-2H3,(H,19,22). The second-order valence-corrected chi connectivity index (χ2v) is 6.92. The molecule has 122 valence electrons. The van der Waals surface area contributed by atoms with E-state index in [1.807, 2.05) is 24.4 Å². The maximum Gasteiger partial charge on any atom is 0.240 e. The van der Waals surface area contributed by atoms with Crippen molar-refractivity contribution in [2.45, 2.75) is 24.8 Å². The maximum absolute atomic E-state index is 12.5. The van der Waals surface area contributed by atoms with E-state index in [-0.39, 0.29) is 11.4 Å². The molecule has 0 spiro atoms. The molecule has 1 saturated carbocycles. The topological polar surface area (TPSA) is 57.4 Å². The second kappa shape index (κ2) is 5.27. The number of nitrogens with zero attached hydrogens (tertiary/aromatic N) is 1. The molecule has 1 aromatic carbocycles. The van der Waals surface area contributed by atoms with Crippen molar-refractivity contribution in [2.24, 2.45) is 5.92 Å². The lowest BCUT2D eigenvalue weighted by atomic mass is 9.72. The Morgan fingerprint density at radius 1 is 1.48 bits per heavy atom. The number of hydrogen-bond acceptors (Lipinski definition) is 3. The fourth-order valence-electron chi connectivity index (χ4n) is 4.22. The zero-order valence-corrected chi connectivity index (χ0v) is 13.7. The van der Waals surface area contributed by atoms with E-state index in [0.29, 0.717) is 6.54 Å². The summed E-state index contributed by atoms with van der Waals surface area (Å²) in [6.07, 6.45) is 4.90. The second-order valence-electron chi connectivity index (χ2n) is 6.92. The molecule has 2 bridgehead atoms. The molecule has 3 fully saturated rings. The average Bonchev–Trinajstić information content (AvgIpc) is 3.16. The third kappa shape index (κ3) is 2.22. The highest BCUT2D eigenvalue weighted by Crippen LogP contribution is 2.49. The first-order valence-electron chi connectivity index (χ1n) is 8.26. The molecule has 2 N–H and O–H groups in total. The van der Waals surface area contributed by atoms with E-state index >= 15 is 0 Å². The van der Waals surface area contributed by atoms with Gasteiger partial charge in [-0.05, 0) is 56.0 Å². The Hall–Kier alpha value is -2.01. The molecule has 3 heterocycles. The van der Waals surface area contributed by atoms with Gasteiger partial charge < -0.3 is 15.0 Å². The molecule has 5 rings (SSSR count). The zero-order valence-electron chi connectivity index (χ0n) is 13.7. The lowest BCUT2D eigenvalue weighted by molar-refractivity contribution is -0.133. The molecule has 1 aromatic heterocycles. The minimum absolute atomic E-state index is 0.200. The van der Waals surface area contributed by atoms with Gasteiger partial charge >= 0.3 is 0 Å². The minimum atomic E-state index is -0.214. The van der Waals surface area contributed by atoms with Crippen LogP contribution < -0.4 is 10.1 Å². The Morgan fingerprint density at radius 2 is 2.30 bits per heavy atom. The number of ether oxygens (including phenoxy) is 1. The fourth-order valence-corrected chi connectivity index (χ4v) is 4.22. The van der Waals surface area contributed by atoms with Crippen LogP contribution in [0.15, 0.2) is 24.4 Å². The van der Waals surface area contributed by atoms with E-state index in [1.54, 1.807) is 7.11 Å². The summed E-state index contributed by atoms with van der Waals surface area (Å²) in [6, 6.07) is 6.02. The summed E-state index contributed by atoms with van der Waals surface area (Å²) in [5.74, 6) is 1.78. The summed E-state index contributed by atoms with van der Waals surface area (Å²) < 4.78 is 5.30. The van der Waals surface area contributed by atoms with E-state index < -0.39 is 0 Å². The first-order chi connectivity index (χ1) is 11.1. The van der Waals surface area contributed by atoms with Crippen molar-refractivity contribution in [1.82, 2.24) is 15.2 Å². The first kappa shape index (κ1) is 14.6. The predicted octanol–water partition coefficient (Wildman–Crippen LogP) is 1.93. The molecule has 0 radical (unpaired) electrons. The molecule has 2 saturated heterocycles. The van der Waals surface area contributed by atoms with Crippen molar-refractivity contribution in [2.75, 3.05) is 27.2 Å². The number of aromatic nitrogens is 1. The molecule has 1 aliphatic carbocycles. The molecule has 0 atom stereocenters. The molecule has 5 nitrogen and oxygen atoms in total. The molecule has 0 unspecified atom stereocenters. The van der Waals surface area contributed by atoms with Gasteiger partial charge in [0, 0.05) is 30.2 Å². The lowest BCUT2D eigenvalue weighted by Gasteiger charge is -2.39. The quantitative estimate of drug-likeness (QED) is 0.887. The van der Waals surface area contributed by atoms with E-state index in [2.05, 4.69) is 22.2 Å². The first-order valence-corrected chi connectivity index (χ1v) is 8.26. The van der Waals surface area contributed by atoms with Gasteiger partial charge in [0.05, 0.1) is 7.11 Å². The van der Waals surface area contributed by atoms with Crippen molar-refractivity contribution < 1.29 is 9.53 Å². The average molecular weight is 313 g/mol. The molecule has 2 aliphatic heterocycles. The molecule has 1 amide bonds. The monoisotopic (exact) mass is 313 g/mol. The van der Waals surface area contributed by atoms with Gasteiger partial charge in [0.2, 0.25) is 5.91 Å². The Labute approximate surface area is 136 Å². The van der Waals surface area contributed by atoms with Crippen LogP contribution in [0.5, 0.6) is 5.75 Å². The van der Waals surface area contributed by atoms with Crippen LogP contribution >= 0.6 is 0 Å². The van der Waals surface area contributed by atoms with Crippen molar-refractivity contribution in [3.05, 3.63) is 30.0 Å². The number of rotatable bonds is 5. The SMILES string of the molecule is COc1ccc2[nH]cc(CCNC(=O)C34CC(CN3C)C4)c2c1. The van der Waals surface area contributed by atoms with Gasteiger partial charge in [0.25, 0.3) is 0 Å². The van der Waals surface area contributed by atoms with Gasteiger partial charge in [-0.1, -0.05) is 0 Å². The molecule has 5 heteroatoms. The van der Waals surface area contributed by atoms with Gasteiger partial charge in [-0.3, -0.25) is 9.69 Å². The van der Waals surface area contributed by atoms with Crippen molar-refractivity contribution in [3.8, 4) is 5.75 Å². The Morgan fingerprint density at radius 3 is 3.00 bits per heavy atom. The summed E-state index contributed by atoms with van der Waals surface area (Å²) in [6.45, 7) is 1.74. The number of H-pyrrole nitrogens is 1. The third-order valence-electron chi connectivity index (χ3n) is 5.59. The van der Waals surface area contributed by atoms with Crippen LogP contribution in [-0.4, -0.2) is 48.6 Å². The molecule has 23 heavy (non-hydrogen) atoms. The lowest BCUT2D eigenvalue weighted by Crippen LogP contribution is -2.56. The van der Waals surface area contributed by atoms with Crippen LogP contribution in [0, 0.1) is 5.92 Å². The van der Waals surface area contributed by atoms with Crippen LogP contribution in [-0.2, 0) is 11.2 Å². The Balaban J connectivity index is 1.41. The molecular formula is C18H23N3O2. The molecular weight excluding hydrogens is 290 g/mol. The van der Waals surface area contributed by atoms with Crippen molar-refractivity contribution >= 4 is 16.8 Å². The predicted molar refractivity (Wildman–Crippen MR) is 89.6 cm³/mol. The van der Waals surface area contributed by atoms with Crippen LogP contribution in [0.25, 0.3) is 10.9 Å². The van der Waals surface area contributed by atoms with Gasteiger partial charge in [0.15, 0.2) is 0 Å². The summed E-state index contributed by atoms with van der Waals surface area (Å²) >= 11 is 0. The highest BCUT2D eigenvalue weighted by molar-refractivity contribution is 5.88. The Kier molecular flexibility index (Phi) is 3.34. The van der Waals surface area contributed by atoms with Crippen LogP contribution in [0.4, 0.5) is 0 Å². The Bertz CT molecular complexity index is 746.